The molecule has 0 saturated heterocycles. The van der Waals surface area contributed by atoms with Crippen molar-refractivity contribution in [2.75, 3.05) is 28.4 Å². The summed E-state index contributed by atoms with van der Waals surface area (Å²) in [6, 6.07) is 18.8. The lowest BCUT2D eigenvalue weighted by atomic mass is 10.1. The van der Waals surface area contributed by atoms with Crippen molar-refractivity contribution in [1.29, 1.82) is 0 Å². The van der Waals surface area contributed by atoms with Crippen molar-refractivity contribution in [1.82, 2.24) is 10.2 Å². The summed E-state index contributed by atoms with van der Waals surface area (Å²) in [5.41, 5.74) is 3.58. The quantitative estimate of drug-likeness (QED) is 0.253. The number of methoxy groups -OCH3 is 4. The summed E-state index contributed by atoms with van der Waals surface area (Å²) in [5.74, 6) is 3.67. The lowest BCUT2D eigenvalue weighted by Gasteiger charge is -2.07. The van der Waals surface area contributed by atoms with Crippen LogP contribution >= 0.6 is 11.6 Å². The van der Waals surface area contributed by atoms with Gasteiger partial charge >= 0.3 is 0 Å². The molecule has 0 atom stereocenters. The maximum Gasteiger partial charge on any atom is 0.179 e. The van der Waals surface area contributed by atoms with Crippen LogP contribution in [0.2, 0.25) is 5.02 Å². The summed E-state index contributed by atoms with van der Waals surface area (Å²) in [7, 11) is 6.39. The molecule has 1 heterocycles. The van der Waals surface area contributed by atoms with Gasteiger partial charge < -0.3 is 18.9 Å². The Morgan fingerprint density at radius 1 is 0.730 bits per heavy atom. The zero-order valence-electron chi connectivity index (χ0n) is 21.0. The molecule has 190 valence electrons. The van der Waals surface area contributed by atoms with Crippen molar-refractivity contribution < 1.29 is 18.9 Å². The van der Waals surface area contributed by atoms with Crippen molar-refractivity contribution in [3.05, 3.63) is 87.9 Å². The summed E-state index contributed by atoms with van der Waals surface area (Å²) in [5, 5.41) is 8.12. The predicted octanol–water partition coefficient (Wildman–Crippen LogP) is 6.19. The number of rotatable bonds is 10. The SMILES string of the molecule is COc1ccc(C=Nc2n[nH]c(/N=C/c3ccc(OC)c(OC)c3)c2Cc2ccc(Cl)cc2)cc1OC. The Morgan fingerprint density at radius 2 is 1.27 bits per heavy atom. The Kier molecular flexibility index (Phi) is 8.43. The normalized spacial score (nSPS) is 11.3. The van der Waals surface area contributed by atoms with E-state index in [0.717, 1.165) is 22.3 Å². The van der Waals surface area contributed by atoms with Crippen LogP contribution in [0.1, 0.15) is 22.3 Å². The third-order valence-electron chi connectivity index (χ3n) is 5.61. The molecule has 4 aromatic rings. The molecule has 8 nitrogen and oxygen atoms in total. The zero-order chi connectivity index (χ0) is 26.2. The number of benzene rings is 3. The number of aliphatic imine (C=N–C) groups is 2. The van der Waals surface area contributed by atoms with Gasteiger partial charge in [0.1, 0.15) is 0 Å². The van der Waals surface area contributed by atoms with Gasteiger partial charge in [-0.1, -0.05) is 23.7 Å². The van der Waals surface area contributed by atoms with E-state index in [1.165, 1.54) is 0 Å². The molecule has 0 radical (unpaired) electrons. The summed E-state index contributed by atoms with van der Waals surface area (Å²) in [6.07, 6.45) is 4.03. The largest absolute Gasteiger partial charge is 0.493 e. The molecule has 4 rings (SSSR count). The van der Waals surface area contributed by atoms with Crippen LogP contribution in [-0.4, -0.2) is 51.1 Å². The first-order valence-electron chi connectivity index (χ1n) is 11.4. The Hall–Kier alpha value is -4.30. The number of nitrogens with one attached hydrogen (secondary N) is 1. The summed E-state index contributed by atoms with van der Waals surface area (Å²) in [4.78, 5) is 9.32. The average molecular weight is 519 g/mol. The van der Waals surface area contributed by atoms with Gasteiger partial charge in [0.15, 0.2) is 34.6 Å². The molecule has 1 aromatic heterocycles. The first-order chi connectivity index (χ1) is 18.0. The fourth-order valence-electron chi connectivity index (χ4n) is 3.67. The highest BCUT2D eigenvalue weighted by atomic mass is 35.5. The molecule has 0 fully saturated rings. The second kappa shape index (κ2) is 12.1. The second-order valence-corrected chi connectivity index (χ2v) is 8.36. The Labute approximate surface area is 220 Å². The standard InChI is InChI=1S/C28H27ClN4O4/c1-34-23-11-7-19(14-25(23)36-3)16-30-27-22(13-18-5-9-21(29)10-6-18)28(33-32-27)31-17-20-8-12-24(35-2)26(15-20)37-4/h5-12,14-17H,13H2,1-4H3,(H,32,33)/b30-16+,31-17?. The highest BCUT2D eigenvalue weighted by Gasteiger charge is 2.13. The van der Waals surface area contributed by atoms with Crippen molar-refractivity contribution >= 4 is 35.7 Å². The highest BCUT2D eigenvalue weighted by molar-refractivity contribution is 6.30. The van der Waals surface area contributed by atoms with Crippen molar-refractivity contribution in [3.63, 3.8) is 0 Å². The molecule has 0 aliphatic rings. The van der Waals surface area contributed by atoms with Crippen LogP contribution in [0.5, 0.6) is 23.0 Å². The maximum absolute atomic E-state index is 6.08. The number of halogens is 1. The third-order valence-corrected chi connectivity index (χ3v) is 5.86. The minimum Gasteiger partial charge on any atom is -0.493 e. The number of nitrogens with zero attached hydrogens (tertiary/aromatic N) is 3. The molecular weight excluding hydrogens is 492 g/mol. The molecule has 1 N–H and O–H groups in total. The van der Waals surface area contributed by atoms with E-state index in [9.17, 15) is 0 Å². The minimum absolute atomic E-state index is 0.532. The average Bonchev–Trinajstić information content (AvgIpc) is 3.32. The van der Waals surface area contributed by atoms with Gasteiger partial charge in [0.2, 0.25) is 0 Å². The zero-order valence-corrected chi connectivity index (χ0v) is 21.7. The van der Waals surface area contributed by atoms with Crippen LogP contribution < -0.4 is 18.9 Å². The van der Waals surface area contributed by atoms with Crippen LogP contribution in [0.25, 0.3) is 0 Å². The smallest absolute Gasteiger partial charge is 0.179 e. The summed E-state index contributed by atoms with van der Waals surface area (Å²) in [6.45, 7) is 0. The van der Waals surface area contributed by atoms with E-state index in [1.807, 2.05) is 60.7 Å². The van der Waals surface area contributed by atoms with Gasteiger partial charge in [-0.2, -0.15) is 5.10 Å². The molecule has 3 aromatic carbocycles. The topological polar surface area (TPSA) is 90.3 Å². The van der Waals surface area contributed by atoms with E-state index >= 15 is 0 Å². The number of hydrogen-bond acceptors (Lipinski definition) is 7. The van der Waals surface area contributed by atoms with Crippen molar-refractivity contribution in [2.45, 2.75) is 6.42 Å². The van der Waals surface area contributed by atoms with E-state index in [4.69, 9.17) is 30.5 Å². The van der Waals surface area contributed by atoms with Crippen LogP contribution in [0.3, 0.4) is 0 Å². The molecule has 0 saturated carbocycles. The molecule has 0 spiro atoms. The number of aromatic amines is 1. The first-order valence-corrected chi connectivity index (χ1v) is 11.8. The van der Waals surface area contributed by atoms with Crippen LogP contribution in [0.4, 0.5) is 11.6 Å². The van der Waals surface area contributed by atoms with E-state index < -0.39 is 0 Å². The Morgan fingerprint density at radius 3 is 1.81 bits per heavy atom. The monoisotopic (exact) mass is 518 g/mol. The van der Waals surface area contributed by atoms with Gasteiger partial charge in [-0.3, -0.25) is 5.10 Å². The van der Waals surface area contributed by atoms with Crippen LogP contribution in [0.15, 0.2) is 70.6 Å². The Balaban J connectivity index is 1.67. The fourth-order valence-corrected chi connectivity index (χ4v) is 3.80. The highest BCUT2D eigenvalue weighted by Crippen LogP contribution is 2.31. The third kappa shape index (κ3) is 6.29. The van der Waals surface area contributed by atoms with E-state index in [1.54, 1.807) is 40.9 Å². The van der Waals surface area contributed by atoms with Gasteiger partial charge in [-0.15, -0.1) is 0 Å². The van der Waals surface area contributed by atoms with Gasteiger partial charge in [0.05, 0.1) is 28.4 Å². The van der Waals surface area contributed by atoms with E-state index in [0.29, 0.717) is 46.1 Å². The molecule has 0 aliphatic carbocycles. The molecule has 0 unspecified atom stereocenters. The summed E-state index contributed by atoms with van der Waals surface area (Å²) >= 11 is 6.08. The molecule has 0 aliphatic heterocycles. The molecule has 37 heavy (non-hydrogen) atoms. The Bertz CT molecular complexity index is 1330. The second-order valence-electron chi connectivity index (χ2n) is 7.92. The number of aromatic nitrogens is 2. The van der Waals surface area contributed by atoms with Gasteiger partial charge in [-0.05, 0) is 65.2 Å². The maximum atomic E-state index is 6.08. The minimum atomic E-state index is 0.532. The molecular formula is C28H27ClN4O4. The van der Waals surface area contributed by atoms with Crippen molar-refractivity contribution in [2.24, 2.45) is 9.98 Å². The van der Waals surface area contributed by atoms with Gasteiger partial charge in [-0.25, -0.2) is 9.98 Å². The molecule has 9 heteroatoms. The number of hydrogen-bond donors (Lipinski definition) is 1. The van der Waals surface area contributed by atoms with E-state index in [-0.39, 0.29) is 0 Å². The summed E-state index contributed by atoms with van der Waals surface area (Å²) < 4.78 is 21.4. The molecule has 0 amide bonds. The predicted molar refractivity (Wildman–Crippen MR) is 146 cm³/mol. The lowest BCUT2D eigenvalue weighted by molar-refractivity contribution is 0.355. The number of H-pyrrole nitrogens is 1. The van der Waals surface area contributed by atoms with E-state index in [2.05, 4.69) is 20.2 Å². The fraction of sp³-hybridized carbons (Fsp3) is 0.179. The first kappa shape index (κ1) is 25.8. The van der Waals surface area contributed by atoms with Gasteiger partial charge in [0, 0.05) is 29.4 Å². The van der Waals surface area contributed by atoms with Gasteiger partial charge in [0.25, 0.3) is 0 Å². The lowest BCUT2D eigenvalue weighted by Crippen LogP contribution is -1.92. The van der Waals surface area contributed by atoms with Crippen molar-refractivity contribution in [3.8, 4) is 23.0 Å². The number of ether oxygens (including phenoxy) is 4. The van der Waals surface area contributed by atoms with Crippen LogP contribution in [-0.2, 0) is 6.42 Å². The molecule has 0 bridgehead atoms. The van der Waals surface area contributed by atoms with Crippen LogP contribution in [0, 0.1) is 0 Å².